The number of hydrogen-bond donors (Lipinski definition) is 6. The van der Waals surface area contributed by atoms with E-state index in [0.717, 1.165) is 44.9 Å². The Morgan fingerprint density at radius 2 is 0.838 bits per heavy atom. The molecule has 7 unspecified atom stereocenters. The summed E-state index contributed by atoms with van der Waals surface area (Å²) in [6, 6.07) is -0.825. The molecule has 0 aliphatic carbocycles. The molecule has 0 aromatic rings. The summed E-state index contributed by atoms with van der Waals surface area (Å²) in [5.41, 5.74) is 0. The Kier molecular flexibility index (Phi) is 46.4. The SMILES string of the molecule is CCCCCCCCCCCCCCCCCCCCCCCCC/C=C/CC/C=C/CC/C=C/C(O)C(COC1OC(CO)C(O)C(O)C1O)NC(=O)CCCCCCCCCCCCCC. The van der Waals surface area contributed by atoms with Gasteiger partial charge >= 0.3 is 0 Å². The zero-order chi connectivity index (χ0) is 49.4. The van der Waals surface area contributed by atoms with Gasteiger partial charge in [0.15, 0.2) is 6.29 Å². The van der Waals surface area contributed by atoms with Crippen molar-refractivity contribution in [3.63, 3.8) is 0 Å². The van der Waals surface area contributed by atoms with Gasteiger partial charge in [-0.1, -0.05) is 262 Å². The average Bonchev–Trinajstić information content (AvgIpc) is 3.34. The lowest BCUT2D eigenvalue weighted by atomic mass is 9.99. The number of unbranched alkanes of at least 4 members (excludes halogenated alkanes) is 36. The fourth-order valence-corrected chi connectivity index (χ4v) is 9.31. The predicted molar refractivity (Wildman–Crippen MR) is 286 cm³/mol. The van der Waals surface area contributed by atoms with Gasteiger partial charge in [-0.25, -0.2) is 0 Å². The second-order valence-corrected chi connectivity index (χ2v) is 20.4. The molecule has 9 heteroatoms. The third kappa shape index (κ3) is 38.1. The fourth-order valence-electron chi connectivity index (χ4n) is 9.31. The van der Waals surface area contributed by atoms with Crippen LogP contribution in [0.15, 0.2) is 36.5 Å². The third-order valence-electron chi connectivity index (χ3n) is 13.9. The van der Waals surface area contributed by atoms with Crippen LogP contribution in [0, 0.1) is 0 Å². The molecule has 0 aromatic carbocycles. The van der Waals surface area contributed by atoms with Crippen molar-refractivity contribution in [2.24, 2.45) is 0 Å². The number of carbonyl (C=O) groups is 1. The first kappa shape index (κ1) is 64.4. The van der Waals surface area contributed by atoms with E-state index in [1.54, 1.807) is 6.08 Å². The Hall–Kier alpha value is -1.59. The van der Waals surface area contributed by atoms with Gasteiger partial charge in [-0.05, 0) is 44.9 Å². The summed E-state index contributed by atoms with van der Waals surface area (Å²) in [7, 11) is 0. The normalized spacial score (nSPS) is 19.8. The first-order chi connectivity index (χ1) is 33.3. The van der Waals surface area contributed by atoms with E-state index in [9.17, 15) is 30.3 Å². The van der Waals surface area contributed by atoms with Gasteiger partial charge in [0.2, 0.25) is 5.91 Å². The summed E-state index contributed by atoms with van der Waals surface area (Å²) in [6.07, 6.45) is 56.7. The lowest BCUT2D eigenvalue weighted by molar-refractivity contribution is -0.302. The molecule has 6 N–H and O–H groups in total. The molecule has 1 aliphatic rings. The van der Waals surface area contributed by atoms with Gasteiger partial charge in [-0.15, -0.1) is 0 Å². The van der Waals surface area contributed by atoms with Crippen LogP contribution in [-0.2, 0) is 14.3 Å². The number of amides is 1. The van der Waals surface area contributed by atoms with Crippen molar-refractivity contribution in [3.05, 3.63) is 36.5 Å². The highest BCUT2D eigenvalue weighted by molar-refractivity contribution is 5.76. The highest BCUT2D eigenvalue weighted by Gasteiger charge is 2.44. The first-order valence-electron chi connectivity index (χ1n) is 29.2. The van der Waals surface area contributed by atoms with Crippen molar-refractivity contribution in [2.45, 2.75) is 320 Å². The van der Waals surface area contributed by atoms with E-state index in [1.165, 1.54) is 212 Å². The molecule has 0 radical (unpaired) electrons. The van der Waals surface area contributed by atoms with Crippen molar-refractivity contribution in [3.8, 4) is 0 Å². The molecule has 9 nitrogen and oxygen atoms in total. The Morgan fingerprint density at radius 1 is 0.485 bits per heavy atom. The van der Waals surface area contributed by atoms with Crippen molar-refractivity contribution in [1.29, 1.82) is 0 Å². The van der Waals surface area contributed by atoms with Crippen LogP contribution in [0.1, 0.15) is 277 Å². The molecule has 1 saturated heterocycles. The van der Waals surface area contributed by atoms with Gasteiger partial charge in [0, 0.05) is 6.42 Å². The topological polar surface area (TPSA) is 149 Å². The summed E-state index contributed by atoms with van der Waals surface area (Å²) in [6.45, 7) is 3.77. The summed E-state index contributed by atoms with van der Waals surface area (Å²) in [5.74, 6) is -0.190. The zero-order valence-corrected chi connectivity index (χ0v) is 44.4. The van der Waals surface area contributed by atoms with Crippen molar-refractivity contribution >= 4 is 5.91 Å². The Labute approximate surface area is 419 Å². The van der Waals surface area contributed by atoms with Crippen LogP contribution in [0.3, 0.4) is 0 Å². The van der Waals surface area contributed by atoms with E-state index in [-0.39, 0.29) is 12.5 Å². The number of rotatable bonds is 50. The van der Waals surface area contributed by atoms with Crippen LogP contribution in [0.4, 0.5) is 0 Å². The maximum Gasteiger partial charge on any atom is 0.220 e. The molecule has 0 aromatic heterocycles. The molecular formula is C59H111NO8. The van der Waals surface area contributed by atoms with Crippen LogP contribution in [0.25, 0.3) is 0 Å². The lowest BCUT2D eigenvalue weighted by Crippen LogP contribution is -2.60. The summed E-state index contributed by atoms with van der Waals surface area (Å²) in [5, 5.41) is 54.3. The quantitative estimate of drug-likeness (QED) is 0.0261. The molecular weight excluding hydrogens is 851 g/mol. The second-order valence-electron chi connectivity index (χ2n) is 20.4. The molecule has 400 valence electrons. The highest BCUT2D eigenvalue weighted by atomic mass is 16.7. The van der Waals surface area contributed by atoms with Crippen LogP contribution in [-0.4, -0.2) is 87.5 Å². The van der Waals surface area contributed by atoms with E-state index >= 15 is 0 Å². The van der Waals surface area contributed by atoms with Crippen LogP contribution in [0.2, 0.25) is 0 Å². The maximum atomic E-state index is 13.0. The molecule has 0 bridgehead atoms. The molecule has 7 atom stereocenters. The number of allylic oxidation sites excluding steroid dienone is 5. The number of aliphatic hydroxyl groups excluding tert-OH is 5. The van der Waals surface area contributed by atoms with Crippen LogP contribution < -0.4 is 5.32 Å². The van der Waals surface area contributed by atoms with Gasteiger partial charge < -0.3 is 40.3 Å². The van der Waals surface area contributed by atoms with Crippen molar-refractivity contribution in [2.75, 3.05) is 13.2 Å². The van der Waals surface area contributed by atoms with Gasteiger partial charge in [0.25, 0.3) is 0 Å². The Balaban J connectivity index is 2.16. The van der Waals surface area contributed by atoms with Gasteiger partial charge in [-0.3, -0.25) is 4.79 Å². The van der Waals surface area contributed by atoms with E-state index in [4.69, 9.17) is 9.47 Å². The fraction of sp³-hybridized carbons (Fsp3) is 0.881. The van der Waals surface area contributed by atoms with Gasteiger partial charge in [0.05, 0.1) is 25.4 Å². The molecule has 1 amide bonds. The molecule has 1 rings (SSSR count). The van der Waals surface area contributed by atoms with Gasteiger partial charge in [0.1, 0.15) is 24.4 Å². The minimum Gasteiger partial charge on any atom is -0.394 e. The summed E-state index contributed by atoms with van der Waals surface area (Å²) in [4.78, 5) is 13.0. The second kappa shape index (κ2) is 49.0. The minimum absolute atomic E-state index is 0.190. The standard InChI is InChI=1S/C59H111NO8/c1-3-5-7-9-11-13-15-17-18-19-20-21-22-23-24-25-26-27-28-29-30-31-32-33-34-35-36-37-38-40-42-44-46-48-53(62)52(51-67-59-58(66)57(65)56(64)54(50-61)68-59)60-55(63)49-47-45-43-41-39-16-14-12-10-8-6-4-2/h34-35,38,40,46,48,52-54,56-59,61-62,64-66H,3-33,36-37,39,41-45,47,49-51H2,1-2H3,(H,60,63)/b35-34+,40-38+,48-46+. The third-order valence-corrected chi connectivity index (χ3v) is 13.9. The number of nitrogens with one attached hydrogen (secondary N) is 1. The maximum absolute atomic E-state index is 13.0. The Bertz CT molecular complexity index is 1160. The van der Waals surface area contributed by atoms with Gasteiger partial charge in [-0.2, -0.15) is 0 Å². The summed E-state index contributed by atoms with van der Waals surface area (Å²) >= 11 is 0. The number of aliphatic hydroxyl groups is 5. The van der Waals surface area contributed by atoms with Crippen LogP contribution >= 0.6 is 0 Å². The number of ether oxygens (including phenoxy) is 2. The smallest absolute Gasteiger partial charge is 0.220 e. The van der Waals surface area contributed by atoms with E-state index < -0.39 is 49.5 Å². The average molecular weight is 963 g/mol. The Morgan fingerprint density at radius 3 is 1.24 bits per heavy atom. The first-order valence-corrected chi connectivity index (χ1v) is 29.2. The zero-order valence-electron chi connectivity index (χ0n) is 44.4. The molecule has 68 heavy (non-hydrogen) atoms. The molecule has 1 heterocycles. The van der Waals surface area contributed by atoms with E-state index in [1.807, 2.05) is 6.08 Å². The largest absolute Gasteiger partial charge is 0.394 e. The van der Waals surface area contributed by atoms with E-state index in [0.29, 0.717) is 6.42 Å². The van der Waals surface area contributed by atoms with E-state index in [2.05, 4.69) is 43.5 Å². The van der Waals surface area contributed by atoms with Crippen LogP contribution in [0.5, 0.6) is 0 Å². The molecule has 0 saturated carbocycles. The van der Waals surface area contributed by atoms with Crippen molar-refractivity contribution < 1.29 is 39.8 Å². The highest BCUT2D eigenvalue weighted by Crippen LogP contribution is 2.23. The molecule has 1 aliphatic heterocycles. The minimum atomic E-state index is -1.57. The molecule has 0 spiro atoms. The molecule has 1 fully saturated rings. The monoisotopic (exact) mass is 962 g/mol. The summed E-state index contributed by atoms with van der Waals surface area (Å²) < 4.78 is 11.2. The lowest BCUT2D eigenvalue weighted by Gasteiger charge is -2.40. The predicted octanol–water partition coefficient (Wildman–Crippen LogP) is 14.4. The number of hydrogen-bond acceptors (Lipinski definition) is 8. The number of carbonyl (C=O) groups excluding carboxylic acids is 1. The van der Waals surface area contributed by atoms with Crippen molar-refractivity contribution in [1.82, 2.24) is 5.32 Å².